The first-order chi connectivity index (χ1) is 20.6. The summed E-state index contributed by atoms with van der Waals surface area (Å²) in [4.78, 5) is 53.4. The van der Waals surface area contributed by atoms with Crippen LogP contribution < -0.4 is 14.5 Å². The molecule has 0 aliphatic carbocycles. The molecule has 3 aliphatic heterocycles. The van der Waals surface area contributed by atoms with Gasteiger partial charge in [-0.15, -0.1) is 0 Å². The van der Waals surface area contributed by atoms with E-state index in [1.807, 2.05) is 37.4 Å². The zero-order chi connectivity index (χ0) is 30.7. The summed E-state index contributed by atoms with van der Waals surface area (Å²) in [5.74, 6) is 0.573. The van der Waals surface area contributed by atoms with Crippen molar-refractivity contribution in [2.75, 3.05) is 49.7 Å². The van der Waals surface area contributed by atoms with Gasteiger partial charge in [-0.3, -0.25) is 24.3 Å². The van der Waals surface area contributed by atoms with E-state index < -0.39 is 5.41 Å². The van der Waals surface area contributed by atoms with Crippen molar-refractivity contribution in [3.05, 3.63) is 71.2 Å². The van der Waals surface area contributed by atoms with E-state index in [0.29, 0.717) is 73.4 Å². The fourth-order valence-electron chi connectivity index (χ4n) is 5.61. The van der Waals surface area contributed by atoms with Crippen molar-refractivity contribution in [3.8, 4) is 5.75 Å². The molecule has 0 N–H and O–H groups in total. The average Bonchev–Trinajstić information content (AvgIpc) is 3.48. The summed E-state index contributed by atoms with van der Waals surface area (Å²) >= 11 is 0. The number of aryl methyl sites for hydroxylation is 1. The van der Waals surface area contributed by atoms with Crippen LogP contribution in [0, 0.1) is 12.3 Å². The second-order valence-electron chi connectivity index (χ2n) is 11.6. The van der Waals surface area contributed by atoms with Gasteiger partial charge < -0.3 is 19.3 Å². The number of hydrogen-bond donors (Lipinski definition) is 0. The van der Waals surface area contributed by atoms with Gasteiger partial charge in [0, 0.05) is 63.5 Å². The summed E-state index contributed by atoms with van der Waals surface area (Å²) in [7, 11) is 1.70. The SMILES string of the molecule is CCN1C(=O)C(C)(C)C(=O)N(C)c2cc(OCCCN(CCC3=CN=C4OCC=C4C3=O)Cc3cnccc3C)ccc21. The number of fused-ring (bicyclic) bond motifs is 2. The molecule has 226 valence electrons. The minimum absolute atomic E-state index is 0.0123. The first-order valence-corrected chi connectivity index (χ1v) is 14.8. The van der Waals surface area contributed by atoms with Crippen molar-refractivity contribution < 1.29 is 23.9 Å². The van der Waals surface area contributed by atoms with Crippen LogP contribution in [0.25, 0.3) is 0 Å². The van der Waals surface area contributed by atoms with Gasteiger partial charge >= 0.3 is 0 Å². The molecule has 5 rings (SSSR count). The minimum Gasteiger partial charge on any atom is -0.493 e. The zero-order valence-corrected chi connectivity index (χ0v) is 25.6. The topological polar surface area (TPSA) is 105 Å². The molecule has 2 aromatic rings. The van der Waals surface area contributed by atoms with Crippen LogP contribution in [0.1, 0.15) is 44.7 Å². The second-order valence-corrected chi connectivity index (χ2v) is 11.6. The van der Waals surface area contributed by atoms with E-state index >= 15 is 0 Å². The number of carbonyl (C=O) groups is 3. The van der Waals surface area contributed by atoms with Crippen molar-refractivity contribution in [2.45, 2.75) is 47.1 Å². The van der Waals surface area contributed by atoms with E-state index in [1.165, 1.54) is 0 Å². The Balaban J connectivity index is 1.24. The Morgan fingerprint density at radius 1 is 1.09 bits per heavy atom. The maximum Gasteiger partial charge on any atom is 0.242 e. The van der Waals surface area contributed by atoms with Gasteiger partial charge in [-0.2, -0.15) is 0 Å². The highest BCUT2D eigenvalue weighted by molar-refractivity contribution is 6.27. The number of benzene rings is 1. The molecule has 10 nitrogen and oxygen atoms in total. The summed E-state index contributed by atoms with van der Waals surface area (Å²) in [6.07, 6.45) is 8.41. The Bertz CT molecular complexity index is 1530. The number of Topliss-reactive ketones (excluding diaryl/α,β-unsaturated/α-hetero) is 1. The van der Waals surface area contributed by atoms with Crippen LogP contribution in [0.5, 0.6) is 5.75 Å². The molecule has 1 aromatic heterocycles. The molecular weight excluding hydrogens is 546 g/mol. The summed E-state index contributed by atoms with van der Waals surface area (Å²) < 4.78 is 11.5. The van der Waals surface area contributed by atoms with Crippen molar-refractivity contribution in [1.29, 1.82) is 0 Å². The molecule has 0 saturated heterocycles. The first-order valence-electron chi connectivity index (χ1n) is 14.8. The van der Waals surface area contributed by atoms with Crippen LogP contribution in [0.2, 0.25) is 0 Å². The van der Waals surface area contributed by atoms with E-state index in [-0.39, 0.29) is 17.6 Å². The van der Waals surface area contributed by atoms with E-state index in [9.17, 15) is 14.4 Å². The lowest BCUT2D eigenvalue weighted by atomic mass is 9.90. The van der Waals surface area contributed by atoms with Gasteiger partial charge in [0.05, 0.1) is 23.6 Å². The van der Waals surface area contributed by atoms with E-state index in [1.54, 1.807) is 49.2 Å². The predicted octanol–water partition coefficient (Wildman–Crippen LogP) is 4.23. The van der Waals surface area contributed by atoms with Crippen molar-refractivity contribution in [3.63, 3.8) is 0 Å². The standard InChI is InChI=1S/C33H39N5O5/c1-6-38-27-9-8-25(18-28(27)36(5)31(40)33(3,4)32(38)41)42-16-7-14-37(21-24-19-34-13-10-22(24)2)15-11-23-20-35-30-26(29(23)39)12-17-43-30/h8-10,12-13,18-20H,6-7,11,14-17,21H2,1-5H3. The Labute approximate surface area is 252 Å². The van der Waals surface area contributed by atoms with Gasteiger partial charge in [0.1, 0.15) is 17.8 Å². The van der Waals surface area contributed by atoms with Crippen LogP contribution in [-0.2, 0) is 25.7 Å². The smallest absolute Gasteiger partial charge is 0.242 e. The van der Waals surface area contributed by atoms with Crippen molar-refractivity contribution >= 4 is 34.9 Å². The number of aliphatic imine (C=N–C) groups is 1. The minimum atomic E-state index is -1.16. The number of ketones is 1. The number of aromatic nitrogens is 1. The Hall–Kier alpha value is -4.31. The predicted molar refractivity (Wildman–Crippen MR) is 165 cm³/mol. The molecule has 4 heterocycles. The van der Waals surface area contributed by atoms with Gasteiger partial charge in [-0.25, -0.2) is 4.99 Å². The fraction of sp³-hybridized carbons (Fsp3) is 0.424. The van der Waals surface area contributed by atoms with Gasteiger partial charge in [0.2, 0.25) is 17.7 Å². The van der Waals surface area contributed by atoms with Crippen LogP contribution in [0.15, 0.2) is 65.1 Å². The lowest BCUT2D eigenvalue weighted by molar-refractivity contribution is -0.137. The van der Waals surface area contributed by atoms with Crippen LogP contribution in [0.4, 0.5) is 11.4 Å². The quantitative estimate of drug-likeness (QED) is 0.287. The average molecular weight is 586 g/mol. The van der Waals surface area contributed by atoms with E-state index in [2.05, 4.69) is 21.8 Å². The summed E-state index contributed by atoms with van der Waals surface area (Å²) in [5, 5.41) is 0. The van der Waals surface area contributed by atoms with Crippen LogP contribution in [-0.4, -0.2) is 73.3 Å². The normalized spacial score (nSPS) is 17.6. The number of anilines is 2. The number of carbonyl (C=O) groups excluding carboxylic acids is 3. The highest BCUT2D eigenvalue weighted by Gasteiger charge is 2.45. The van der Waals surface area contributed by atoms with Crippen LogP contribution in [0.3, 0.4) is 0 Å². The zero-order valence-electron chi connectivity index (χ0n) is 25.6. The third kappa shape index (κ3) is 6.10. The summed E-state index contributed by atoms with van der Waals surface area (Å²) in [5.41, 5.74) is 3.72. The number of hydrogen-bond acceptors (Lipinski definition) is 8. The fourth-order valence-corrected chi connectivity index (χ4v) is 5.61. The highest BCUT2D eigenvalue weighted by Crippen LogP contribution is 2.40. The monoisotopic (exact) mass is 585 g/mol. The molecule has 0 saturated carbocycles. The number of pyridine rings is 1. The molecule has 1 aromatic carbocycles. The number of nitrogens with zero attached hydrogens (tertiary/aromatic N) is 5. The molecule has 43 heavy (non-hydrogen) atoms. The first kappa shape index (κ1) is 30.2. The highest BCUT2D eigenvalue weighted by atomic mass is 16.5. The van der Waals surface area contributed by atoms with E-state index in [0.717, 1.165) is 24.1 Å². The molecule has 0 unspecified atom stereocenters. The maximum atomic E-state index is 13.2. The molecule has 10 heteroatoms. The molecular formula is C33H39N5O5. The second kappa shape index (κ2) is 12.5. The van der Waals surface area contributed by atoms with Gasteiger partial charge in [-0.05, 0) is 75.9 Å². The summed E-state index contributed by atoms with van der Waals surface area (Å²) in [6, 6.07) is 7.53. The number of ether oxygens (including phenoxy) is 2. The van der Waals surface area contributed by atoms with Gasteiger partial charge in [-0.1, -0.05) is 0 Å². The lowest BCUT2D eigenvalue weighted by Gasteiger charge is -2.27. The molecule has 0 radical (unpaired) electrons. The maximum absolute atomic E-state index is 13.2. The third-order valence-corrected chi connectivity index (χ3v) is 8.27. The third-order valence-electron chi connectivity index (χ3n) is 8.27. The molecule has 0 atom stereocenters. The largest absolute Gasteiger partial charge is 0.493 e. The van der Waals surface area contributed by atoms with Crippen molar-refractivity contribution in [1.82, 2.24) is 9.88 Å². The van der Waals surface area contributed by atoms with Crippen molar-refractivity contribution in [2.24, 2.45) is 10.4 Å². The van der Waals surface area contributed by atoms with Crippen LogP contribution >= 0.6 is 0 Å². The molecule has 2 amide bonds. The Kier molecular flexibility index (Phi) is 8.77. The lowest BCUT2D eigenvalue weighted by Crippen LogP contribution is -2.47. The Morgan fingerprint density at radius 3 is 2.67 bits per heavy atom. The van der Waals surface area contributed by atoms with Gasteiger partial charge in [0.15, 0.2) is 5.78 Å². The van der Waals surface area contributed by atoms with Gasteiger partial charge in [0.25, 0.3) is 0 Å². The number of rotatable bonds is 11. The number of amides is 2. The molecule has 3 aliphatic rings. The Morgan fingerprint density at radius 2 is 1.91 bits per heavy atom. The molecule has 0 spiro atoms. The summed E-state index contributed by atoms with van der Waals surface area (Å²) in [6.45, 7) is 10.7. The molecule has 0 bridgehead atoms. The molecule has 0 fully saturated rings. The van der Waals surface area contributed by atoms with E-state index in [4.69, 9.17) is 9.47 Å².